The van der Waals surface area contributed by atoms with Gasteiger partial charge in [-0.2, -0.15) is 13.2 Å². The van der Waals surface area contributed by atoms with Gasteiger partial charge in [-0.25, -0.2) is 0 Å². The Morgan fingerprint density at radius 1 is 1.12 bits per heavy atom. The van der Waals surface area contributed by atoms with Crippen LogP contribution in [0.1, 0.15) is 42.9 Å². The molecule has 8 heteroatoms. The van der Waals surface area contributed by atoms with Crippen LogP contribution < -0.4 is 9.04 Å². The second-order valence-electron chi connectivity index (χ2n) is 8.44. The molecule has 2 aliphatic heterocycles. The third kappa shape index (κ3) is 5.35. The predicted octanol–water partition coefficient (Wildman–Crippen LogP) is 5.85. The average molecular weight is 468 g/mol. The van der Waals surface area contributed by atoms with E-state index >= 15 is 0 Å². The molecule has 32 heavy (non-hydrogen) atoms. The summed E-state index contributed by atoms with van der Waals surface area (Å²) >= 11 is 1.40. The van der Waals surface area contributed by atoms with E-state index < -0.39 is 11.7 Å². The molecule has 0 aliphatic carbocycles. The van der Waals surface area contributed by atoms with Gasteiger partial charge in [0.1, 0.15) is 5.75 Å². The van der Waals surface area contributed by atoms with E-state index in [0.29, 0.717) is 29.5 Å². The number of anilines is 1. The largest absolute Gasteiger partial charge is 0.493 e. The average Bonchev–Trinajstić information content (AvgIpc) is 2.79. The van der Waals surface area contributed by atoms with Crippen LogP contribution in [-0.4, -0.2) is 31.0 Å². The number of aliphatic hydroxyl groups excluding tert-OH is 1. The summed E-state index contributed by atoms with van der Waals surface area (Å²) in [6, 6.07) is 9.68. The molecule has 2 aromatic rings. The summed E-state index contributed by atoms with van der Waals surface area (Å²) in [5.41, 5.74) is 1.57. The Kier molecular flexibility index (Phi) is 7.22. The molecular formula is C24H28F3NO3S. The van der Waals surface area contributed by atoms with E-state index in [2.05, 4.69) is 0 Å². The number of aliphatic hydroxyl groups is 1. The summed E-state index contributed by atoms with van der Waals surface area (Å²) in [5.74, 6) is 1.09. The van der Waals surface area contributed by atoms with Gasteiger partial charge >= 0.3 is 6.18 Å². The molecule has 2 aromatic carbocycles. The normalized spacial score (nSPS) is 19.7. The van der Waals surface area contributed by atoms with Gasteiger partial charge in [0.2, 0.25) is 0 Å². The smallest absolute Gasteiger partial charge is 0.416 e. The molecule has 0 spiro atoms. The molecule has 174 valence electrons. The first-order valence-electron chi connectivity index (χ1n) is 11.0. The molecule has 4 rings (SSSR count). The van der Waals surface area contributed by atoms with E-state index in [1.807, 2.05) is 29.4 Å². The number of hydrogen-bond donors (Lipinski definition) is 1. The Morgan fingerprint density at radius 2 is 1.91 bits per heavy atom. The zero-order valence-corrected chi connectivity index (χ0v) is 18.8. The second kappa shape index (κ2) is 9.93. The third-order valence-corrected chi connectivity index (χ3v) is 7.32. The maximum Gasteiger partial charge on any atom is 0.416 e. The first-order chi connectivity index (χ1) is 15.3. The summed E-state index contributed by atoms with van der Waals surface area (Å²) in [6.45, 7) is 3.94. The van der Waals surface area contributed by atoms with Crippen LogP contribution in [-0.2, 0) is 23.9 Å². The Bertz CT molecular complexity index is 931. The highest BCUT2D eigenvalue weighted by Crippen LogP contribution is 2.42. The fraction of sp³-hybridized carbons (Fsp3) is 0.500. The molecule has 1 saturated heterocycles. The summed E-state index contributed by atoms with van der Waals surface area (Å²) in [6.07, 6.45) is -0.820. The first-order valence-corrected chi connectivity index (χ1v) is 11.7. The highest BCUT2D eigenvalue weighted by atomic mass is 32.2. The molecule has 2 aliphatic rings. The van der Waals surface area contributed by atoms with Crippen molar-refractivity contribution in [1.82, 2.24) is 0 Å². The van der Waals surface area contributed by atoms with E-state index in [-0.39, 0.29) is 12.6 Å². The lowest BCUT2D eigenvalue weighted by Crippen LogP contribution is -2.31. The maximum absolute atomic E-state index is 13.3. The number of hydrogen-bond acceptors (Lipinski definition) is 5. The molecule has 1 fully saturated rings. The maximum atomic E-state index is 13.3. The summed E-state index contributed by atoms with van der Waals surface area (Å²) in [4.78, 5) is 0.851. The van der Waals surface area contributed by atoms with Gasteiger partial charge in [-0.1, -0.05) is 6.07 Å². The Balaban J connectivity index is 1.52. The van der Waals surface area contributed by atoms with Crippen LogP contribution >= 0.6 is 11.9 Å². The molecule has 0 unspecified atom stereocenters. The molecule has 1 N–H and O–H groups in total. The molecule has 0 saturated carbocycles. The lowest BCUT2D eigenvalue weighted by Gasteiger charge is -2.36. The number of nitrogens with zero attached hydrogens (tertiary/aromatic N) is 1. The van der Waals surface area contributed by atoms with E-state index in [1.54, 1.807) is 6.07 Å². The van der Waals surface area contributed by atoms with Crippen molar-refractivity contribution in [1.29, 1.82) is 0 Å². The first kappa shape index (κ1) is 23.3. The minimum Gasteiger partial charge on any atom is -0.493 e. The van der Waals surface area contributed by atoms with Crippen molar-refractivity contribution >= 4 is 17.6 Å². The van der Waals surface area contributed by atoms with Crippen molar-refractivity contribution in [3.63, 3.8) is 0 Å². The fourth-order valence-corrected chi connectivity index (χ4v) is 5.23. The fourth-order valence-electron chi connectivity index (χ4n) is 4.13. The van der Waals surface area contributed by atoms with E-state index in [1.165, 1.54) is 18.0 Å². The molecule has 2 heterocycles. The van der Waals surface area contributed by atoms with Gasteiger partial charge in [-0.05, 0) is 86.4 Å². The van der Waals surface area contributed by atoms with Gasteiger partial charge in [0.05, 0.1) is 24.5 Å². The van der Waals surface area contributed by atoms with Crippen LogP contribution in [0.4, 0.5) is 18.9 Å². The van der Waals surface area contributed by atoms with Gasteiger partial charge in [0.25, 0.3) is 0 Å². The monoisotopic (exact) mass is 467 g/mol. The lowest BCUT2D eigenvalue weighted by molar-refractivity contribution is -0.137. The Labute approximate surface area is 190 Å². The second-order valence-corrected chi connectivity index (χ2v) is 9.49. The molecular weight excluding hydrogens is 439 g/mol. The lowest BCUT2D eigenvalue weighted by atomic mass is 9.97. The third-order valence-electron chi connectivity index (χ3n) is 6.10. The van der Waals surface area contributed by atoms with Crippen molar-refractivity contribution in [2.24, 2.45) is 5.92 Å². The van der Waals surface area contributed by atoms with Gasteiger partial charge in [0.15, 0.2) is 0 Å². The summed E-state index contributed by atoms with van der Waals surface area (Å²) < 4.78 is 53.2. The van der Waals surface area contributed by atoms with Crippen molar-refractivity contribution in [2.75, 3.05) is 24.1 Å². The molecule has 0 aromatic heterocycles. The quantitative estimate of drug-likeness (QED) is 0.540. The molecule has 0 amide bonds. The number of benzene rings is 2. The van der Waals surface area contributed by atoms with Crippen LogP contribution in [0.2, 0.25) is 0 Å². The number of fused-ring (bicyclic) bond motifs is 1. The highest BCUT2D eigenvalue weighted by Gasteiger charge is 2.33. The Morgan fingerprint density at radius 3 is 2.62 bits per heavy atom. The van der Waals surface area contributed by atoms with Crippen molar-refractivity contribution < 1.29 is 27.8 Å². The van der Waals surface area contributed by atoms with Crippen LogP contribution in [0, 0.1) is 5.92 Å². The molecule has 4 nitrogen and oxygen atoms in total. The standard InChI is InChI=1S/C24H28F3NO3S/c1-16-2-3-18-4-5-20(24(25,26)27)13-22(18)28(16)32-21-6-7-23(19(12-21)14-29)31-15-17-8-10-30-11-9-17/h4-7,12-13,16-17,29H,2-3,8-11,14-15H2,1H3/t16-/m0/s1. The molecule has 0 radical (unpaired) electrons. The van der Waals surface area contributed by atoms with Crippen LogP contribution in [0.25, 0.3) is 0 Å². The number of halogens is 3. The SMILES string of the molecule is C[C@H]1CCc2ccc(C(F)(F)F)cc2N1Sc1ccc(OCC2CCOCC2)c(CO)c1. The highest BCUT2D eigenvalue weighted by molar-refractivity contribution is 8.00. The van der Waals surface area contributed by atoms with Gasteiger partial charge in [0, 0.05) is 29.7 Å². The van der Waals surface area contributed by atoms with E-state index in [9.17, 15) is 18.3 Å². The summed E-state index contributed by atoms with van der Waals surface area (Å²) in [5, 5.41) is 9.87. The Hall–Kier alpha value is -1.90. The number of ether oxygens (including phenoxy) is 2. The van der Waals surface area contributed by atoms with Crippen LogP contribution in [0.3, 0.4) is 0 Å². The molecule has 0 bridgehead atoms. The van der Waals surface area contributed by atoms with Crippen molar-refractivity contribution in [2.45, 2.75) is 56.3 Å². The van der Waals surface area contributed by atoms with Crippen molar-refractivity contribution in [3.05, 3.63) is 53.1 Å². The predicted molar refractivity (Wildman–Crippen MR) is 119 cm³/mol. The minimum atomic E-state index is -4.38. The number of rotatable bonds is 6. The zero-order valence-electron chi connectivity index (χ0n) is 18.0. The van der Waals surface area contributed by atoms with Gasteiger partial charge in [-0.15, -0.1) is 0 Å². The zero-order chi connectivity index (χ0) is 22.7. The van der Waals surface area contributed by atoms with Gasteiger partial charge in [-0.3, -0.25) is 0 Å². The topological polar surface area (TPSA) is 41.9 Å². The van der Waals surface area contributed by atoms with Crippen molar-refractivity contribution in [3.8, 4) is 5.75 Å². The van der Waals surface area contributed by atoms with Crippen LogP contribution in [0.5, 0.6) is 5.75 Å². The minimum absolute atomic E-state index is 0.0815. The summed E-state index contributed by atoms with van der Waals surface area (Å²) in [7, 11) is 0. The number of aryl methyl sites for hydroxylation is 1. The molecule has 1 atom stereocenters. The van der Waals surface area contributed by atoms with E-state index in [4.69, 9.17) is 9.47 Å². The van der Waals surface area contributed by atoms with E-state index in [0.717, 1.165) is 55.4 Å². The van der Waals surface area contributed by atoms with Crippen LogP contribution in [0.15, 0.2) is 41.3 Å². The number of alkyl halides is 3. The van der Waals surface area contributed by atoms with Gasteiger partial charge < -0.3 is 18.9 Å².